The van der Waals surface area contributed by atoms with E-state index < -0.39 is 6.04 Å². The summed E-state index contributed by atoms with van der Waals surface area (Å²) in [5, 5.41) is 3.75. The maximum Gasteiger partial charge on any atom is 0.242 e. The summed E-state index contributed by atoms with van der Waals surface area (Å²) < 4.78 is 14.3. The molecule has 1 aliphatic rings. The zero-order valence-electron chi connectivity index (χ0n) is 18.4. The molecule has 0 radical (unpaired) electrons. The Morgan fingerprint density at radius 2 is 1.91 bits per heavy atom. The minimum absolute atomic E-state index is 0.0580. The molecule has 1 saturated carbocycles. The van der Waals surface area contributed by atoms with Crippen molar-refractivity contribution in [2.24, 2.45) is 0 Å². The van der Waals surface area contributed by atoms with Crippen LogP contribution in [0.3, 0.4) is 0 Å². The molecule has 0 heterocycles. The van der Waals surface area contributed by atoms with Crippen molar-refractivity contribution in [1.29, 1.82) is 0 Å². The summed E-state index contributed by atoms with van der Waals surface area (Å²) in [6, 6.07) is 13.4. The summed E-state index contributed by atoms with van der Waals surface area (Å²) in [7, 11) is 0. The van der Waals surface area contributed by atoms with E-state index in [4.69, 9.17) is 11.6 Å². The topological polar surface area (TPSA) is 49.4 Å². The molecule has 0 spiro atoms. The van der Waals surface area contributed by atoms with Crippen LogP contribution >= 0.6 is 23.4 Å². The number of nitrogens with zero attached hydrogens (tertiary/aromatic N) is 1. The van der Waals surface area contributed by atoms with Crippen LogP contribution in [0.4, 0.5) is 4.39 Å². The Morgan fingerprint density at radius 3 is 2.62 bits per heavy atom. The first-order valence-corrected chi connectivity index (χ1v) is 12.6. The van der Waals surface area contributed by atoms with Crippen molar-refractivity contribution in [3.05, 3.63) is 70.5 Å². The average Bonchev–Trinajstić information content (AvgIpc) is 2.78. The average molecular weight is 477 g/mol. The monoisotopic (exact) mass is 476 g/mol. The lowest BCUT2D eigenvalue weighted by Gasteiger charge is -2.31. The maximum atomic E-state index is 14.3. The number of carbonyl (C=O) groups is 2. The van der Waals surface area contributed by atoms with Crippen molar-refractivity contribution in [3.63, 3.8) is 0 Å². The van der Waals surface area contributed by atoms with Gasteiger partial charge >= 0.3 is 0 Å². The molecule has 2 aromatic carbocycles. The predicted molar refractivity (Wildman–Crippen MR) is 129 cm³/mol. The molecule has 1 atom stereocenters. The number of hydrogen-bond acceptors (Lipinski definition) is 3. The maximum absolute atomic E-state index is 14.3. The Morgan fingerprint density at radius 1 is 1.16 bits per heavy atom. The predicted octanol–water partition coefficient (Wildman–Crippen LogP) is 5.58. The summed E-state index contributed by atoms with van der Waals surface area (Å²) in [5.41, 5.74) is 1.43. The number of benzene rings is 2. The first kappa shape index (κ1) is 24.6. The molecule has 0 saturated heterocycles. The molecule has 0 bridgehead atoms. The van der Waals surface area contributed by atoms with E-state index in [1.165, 1.54) is 29.1 Å². The van der Waals surface area contributed by atoms with Gasteiger partial charge in [0.25, 0.3) is 0 Å². The fraction of sp³-hybridized carbons (Fsp3) is 0.440. The summed E-state index contributed by atoms with van der Waals surface area (Å²) in [5.74, 6) is 0.0783. The third-order valence-electron chi connectivity index (χ3n) is 5.80. The molecule has 7 heteroatoms. The van der Waals surface area contributed by atoms with Crippen molar-refractivity contribution in [3.8, 4) is 0 Å². The van der Waals surface area contributed by atoms with Gasteiger partial charge in [-0.05, 0) is 43.5 Å². The minimum Gasteiger partial charge on any atom is -0.352 e. The lowest BCUT2D eigenvalue weighted by molar-refractivity contribution is -0.139. The van der Waals surface area contributed by atoms with Gasteiger partial charge in [-0.25, -0.2) is 4.39 Å². The van der Waals surface area contributed by atoms with E-state index in [0.717, 1.165) is 31.2 Å². The molecule has 3 rings (SSSR count). The fourth-order valence-electron chi connectivity index (χ4n) is 3.93. The number of hydrogen-bond donors (Lipinski definition) is 1. The van der Waals surface area contributed by atoms with Gasteiger partial charge in [0.15, 0.2) is 0 Å². The highest BCUT2D eigenvalue weighted by Gasteiger charge is 2.28. The largest absolute Gasteiger partial charge is 0.352 e. The smallest absolute Gasteiger partial charge is 0.242 e. The van der Waals surface area contributed by atoms with E-state index in [1.807, 2.05) is 24.3 Å². The van der Waals surface area contributed by atoms with E-state index in [-0.39, 0.29) is 36.0 Å². The van der Waals surface area contributed by atoms with Crippen LogP contribution in [-0.4, -0.2) is 34.6 Å². The number of halogens is 2. The quantitative estimate of drug-likeness (QED) is 0.514. The van der Waals surface area contributed by atoms with Crippen LogP contribution in [0.5, 0.6) is 0 Å². The van der Waals surface area contributed by atoms with Crippen molar-refractivity contribution in [2.45, 2.75) is 63.4 Å². The van der Waals surface area contributed by atoms with Crippen LogP contribution in [0.1, 0.15) is 50.2 Å². The lowest BCUT2D eigenvalue weighted by Crippen LogP contribution is -2.51. The van der Waals surface area contributed by atoms with Crippen LogP contribution in [0.2, 0.25) is 5.02 Å². The van der Waals surface area contributed by atoms with Crippen molar-refractivity contribution in [2.75, 3.05) is 5.75 Å². The minimum atomic E-state index is -0.684. The van der Waals surface area contributed by atoms with Gasteiger partial charge in [0, 0.05) is 28.9 Å². The first-order valence-electron chi connectivity index (χ1n) is 11.1. The number of rotatable bonds is 9. The van der Waals surface area contributed by atoms with E-state index in [0.29, 0.717) is 16.3 Å². The Balaban J connectivity index is 1.66. The molecule has 172 valence electrons. The number of thioether (sulfide) groups is 1. The molecule has 2 aromatic rings. The van der Waals surface area contributed by atoms with E-state index in [9.17, 15) is 14.0 Å². The van der Waals surface area contributed by atoms with Gasteiger partial charge < -0.3 is 10.2 Å². The molecule has 2 amide bonds. The summed E-state index contributed by atoms with van der Waals surface area (Å²) in [6.45, 7) is 1.78. The fourth-order valence-corrected chi connectivity index (χ4v) is 5.00. The van der Waals surface area contributed by atoms with Crippen LogP contribution in [0.15, 0.2) is 48.5 Å². The zero-order chi connectivity index (χ0) is 22.9. The van der Waals surface area contributed by atoms with E-state index in [2.05, 4.69) is 5.32 Å². The SMILES string of the molecule is C[C@H](C(=O)NC1CCCCC1)N(Cc1ccccc1F)C(=O)CSCc1cccc(Cl)c1. The Hall–Kier alpha value is -2.05. The van der Waals surface area contributed by atoms with Gasteiger partial charge in [-0.15, -0.1) is 11.8 Å². The molecule has 32 heavy (non-hydrogen) atoms. The highest BCUT2D eigenvalue weighted by Crippen LogP contribution is 2.21. The molecule has 0 aliphatic heterocycles. The molecule has 1 fully saturated rings. The van der Waals surface area contributed by atoms with Crippen molar-refractivity contribution in [1.82, 2.24) is 10.2 Å². The van der Waals surface area contributed by atoms with Crippen LogP contribution in [-0.2, 0) is 21.9 Å². The summed E-state index contributed by atoms with van der Waals surface area (Å²) in [4.78, 5) is 27.6. The van der Waals surface area contributed by atoms with Crippen molar-refractivity contribution >= 4 is 35.2 Å². The third kappa shape index (κ3) is 7.24. The molecule has 1 aliphatic carbocycles. The van der Waals surface area contributed by atoms with E-state index in [1.54, 1.807) is 25.1 Å². The second kappa shape index (κ2) is 12.3. The normalized spacial score (nSPS) is 15.2. The van der Waals surface area contributed by atoms with E-state index >= 15 is 0 Å². The molecular weight excluding hydrogens is 447 g/mol. The Kier molecular flexibility index (Phi) is 9.42. The van der Waals surface area contributed by atoms with Gasteiger partial charge in [-0.3, -0.25) is 9.59 Å². The molecule has 0 aromatic heterocycles. The first-order chi connectivity index (χ1) is 15.4. The standard InChI is InChI=1S/C25H30ClFN2O2S/c1-18(25(31)28-22-11-3-2-4-12-22)29(15-20-9-5-6-13-23(20)27)24(30)17-32-16-19-8-7-10-21(26)14-19/h5-10,13-14,18,22H,2-4,11-12,15-17H2,1H3,(H,28,31)/t18-/m1/s1. The van der Waals surface area contributed by atoms with Crippen LogP contribution < -0.4 is 5.32 Å². The Bertz CT molecular complexity index is 920. The van der Waals surface area contributed by atoms with Gasteiger partial charge in [0.05, 0.1) is 5.75 Å². The van der Waals surface area contributed by atoms with Gasteiger partial charge in [-0.2, -0.15) is 0 Å². The molecule has 4 nitrogen and oxygen atoms in total. The second-order valence-electron chi connectivity index (χ2n) is 8.26. The van der Waals surface area contributed by atoms with Gasteiger partial charge in [0.1, 0.15) is 11.9 Å². The highest BCUT2D eigenvalue weighted by atomic mass is 35.5. The lowest BCUT2D eigenvalue weighted by atomic mass is 9.95. The Labute approximate surface area is 198 Å². The second-order valence-corrected chi connectivity index (χ2v) is 9.68. The molecule has 1 N–H and O–H groups in total. The van der Waals surface area contributed by atoms with Gasteiger partial charge in [-0.1, -0.05) is 61.2 Å². The third-order valence-corrected chi connectivity index (χ3v) is 7.02. The van der Waals surface area contributed by atoms with Crippen LogP contribution in [0.25, 0.3) is 0 Å². The number of carbonyl (C=O) groups excluding carboxylic acids is 2. The molecule has 0 unspecified atom stereocenters. The summed E-state index contributed by atoms with van der Waals surface area (Å²) in [6.07, 6.45) is 5.35. The highest BCUT2D eigenvalue weighted by molar-refractivity contribution is 7.99. The number of nitrogens with one attached hydrogen (secondary N) is 1. The van der Waals surface area contributed by atoms with Crippen molar-refractivity contribution < 1.29 is 14.0 Å². The number of amides is 2. The zero-order valence-corrected chi connectivity index (χ0v) is 19.9. The molecular formula is C25H30ClFN2O2S. The van der Waals surface area contributed by atoms with Crippen LogP contribution in [0, 0.1) is 5.82 Å². The summed E-state index contributed by atoms with van der Waals surface area (Å²) >= 11 is 7.49. The van der Waals surface area contributed by atoms with Gasteiger partial charge in [0.2, 0.25) is 11.8 Å².